The van der Waals surface area contributed by atoms with Gasteiger partial charge < -0.3 is 4.57 Å². The van der Waals surface area contributed by atoms with Crippen molar-refractivity contribution in [1.82, 2.24) is 9.55 Å². The van der Waals surface area contributed by atoms with E-state index in [0.29, 0.717) is 0 Å². The van der Waals surface area contributed by atoms with Crippen molar-refractivity contribution in [2.75, 3.05) is 0 Å². The lowest BCUT2D eigenvalue weighted by Crippen LogP contribution is -2.02. The van der Waals surface area contributed by atoms with Gasteiger partial charge in [0.1, 0.15) is 5.82 Å². The standard InChI is InChI=1S/C13H16N2/c1-10-4-5-11(2)13(8-10)9-15-7-6-14-12(15)3/h4-8H,9H2,1-3H3. The molecule has 0 spiro atoms. The molecule has 0 aliphatic carbocycles. The molecule has 1 heterocycles. The molecule has 0 bridgehead atoms. The van der Waals surface area contributed by atoms with Crippen molar-refractivity contribution in [2.45, 2.75) is 27.3 Å². The Morgan fingerprint density at radius 3 is 2.67 bits per heavy atom. The molecular weight excluding hydrogens is 184 g/mol. The fourth-order valence-electron chi connectivity index (χ4n) is 1.72. The molecule has 2 heteroatoms. The summed E-state index contributed by atoms with van der Waals surface area (Å²) in [5.74, 6) is 1.07. The summed E-state index contributed by atoms with van der Waals surface area (Å²) < 4.78 is 2.17. The smallest absolute Gasteiger partial charge is 0.105 e. The van der Waals surface area contributed by atoms with Gasteiger partial charge in [0.15, 0.2) is 0 Å². The highest BCUT2D eigenvalue weighted by Crippen LogP contribution is 2.12. The second kappa shape index (κ2) is 3.89. The van der Waals surface area contributed by atoms with Gasteiger partial charge in [0.2, 0.25) is 0 Å². The average Bonchev–Trinajstić information content (AvgIpc) is 2.58. The number of imidazole rings is 1. The summed E-state index contributed by atoms with van der Waals surface area (Å²) in [5.41, 5.74) is 4.03. The van der Waals surface area contributed by atoms with E-state index >= 15 is 0 Å². The number of hydrogen-bond acceptors (Lipinski definition) is 1. The third kappa shape index (κ3) is 2.09. The molecule has 2 nitrogen and oxygen atoms in total. The van der Waals surface area contributed by atoms with Crippen LogP contribution in [0.3, 0.4) is 0 Å². The highest BCUT2D eigenvalue weighted by atomic mass is 15.0. The molecule has 0 aliphatic heterocycles. The number of aryl methyl sites for hydroxylation is 3. The number of benzene rings is 1. The molecule has 2 rings (SSSR count). The zero-order valence-corrected chi connectivity index (χ0v) is 9.49. The minimum absolute atomic E-state index is 0.916. The molecule has 0 amide bonds. The monoisotopic (exact) mass is 200 g/mol. The van der Waals surface area contributed by atoms with Crippen LogP contribution in [-0.4, -0.2) is 9.55 Å². The number of rotatable bonds is 2. The van der Waals surface area contributed by atoms with Gasteiger partial charge in [-0.05, 0) is 31.9 Å². The van der Waals surface area contributed by atoms with Gasteiger partial charge in [-0.1, -0.05) is 23.8 Å². The molecule has 15 heavy (non-hydrogen) atoms. The molecule has 0 atom stereocenters. The first-order chi connectivity index (χ1) is 7.16. The molecule has 0 fully saturated rings. The topological polar surface area (TPSA) is 17.8 Å². The Labute approximate surface area is 90.6 Å². The van der Waals surface area contributed by atoms with Gasteiger partial charge in [-0.3, -0.25) is 0 Å². The van der Waals surface area contributed by atoms with Crippen LogP contribution in [0.5, 0.6) is 0 Å². The van der Waals surface area contributed by atoms with Crippen molar-refractivity contribution >= 4 is 0 Å². The van der Waals surface area contributed by atoms with Crippen LogP contribution in [0, 0.1) is 20.8 Å². The summed E-state index contributed by atoms with van der Waals surface area (Å²) in [4.78, 5) is 4.23. The third-order valence-electron chi connectivity index (χ3n) is 2.77. The van der Waals surface area contributed by atoms with Crippen LogP contribution in [0.25, 0.3) is 0 Å². The van der Waals surface area contributed by atoms with Gasteiger partial charge in [-0.25, -0.2) is 4.98 Å². The average molecular weight is 200 g/mol. The maximum absolute atomic E-state index is 4.23. The minimum Gasteiger partial charge on any atom is -0.331 e. The van der Waals surface area contributed by atoms with E-state index in [1.54, 1.807) is 0 Å². The summed E-state index contributed by atoms with van der Waals surface area (Å²) in [7, 11) is 0. The van der Waals surface area contributed by atoms with Gasteiger partial charge in [0.25, 0.3) is 0 Å². The Morgan fingerprint density at radius 1 is 1.20 bits per heavy atom. The fraction of sp³-hybridized carbons (Fsp3) is 0.308. The van der Waals surface area contributed by atoms with Crippen molar-refractivity contribution in [3.05, 3.63) is 53.1 Å². The van der Waals surface area contributed by atoms with Crippen LogP contribution < -0.4 is 0 Å². The molecule has 1 aromatic carbocycles. The third-order valence-corrected chi connectivity index (χ3v) is 2.77. The lowest BCUT2D eigenvalue weighted by atomic mass is 10.1. The first-order valence-electron chi connectivity index (χ1n) is 5.20. The lowest BCUT2D eigenvalue weighted by molar-refractivity contribution is 0.757. The van der Waals surface area contributed by atoms with Crippen molar-refractivity contribution in [3.8, 4) is 0 Å². The van der Waals surface area contributed by atoms with E-state index in [9.17, 15) is 0 Å². The van der Waals surface area contributed by atoms with E-state index in [2.05, 4.69) is 41.6 Å². The van der Waals surface area contributed by atoms with Gasteiger partial charge >= 0.3 is 0 Å². The summed E-state index contributed by atoms with van der Waals surface area (Å²) in [6.45, 7) is 7.23. The van der Waals surface area contributed by atoms with E-state index in [0.717, 1.165) is 12.4 Å². The lowest BCUT2D eigenvalue weighted by Gasteiger charge is -2.09. The van der Waals surface area contributed by atoms with E-state index in [-0.39, 0.29) is 0 Å². The molecule has 1 aromatic heterocycles. The van der Waals surface area contributed by atoms with Crippen LogP contribution >= 0.6 is 0 Å². The molecule has 78 valence electrons. The van der Waals surface area contributed by atoms with Gasteiger partial charge in [-0.15, -0.1) is 0 Å². The largest absolute Gasteiger partial charge is 0.331 e. The SMILES string of the molecule is Cc1ccc(C)c(Cn2ccnc2C)c1. The summed E-state index contributed by atoms with van der Waals surface area (Å²) in [6.07, 6.45) is 3.87. The zero-order chi connectivity index (χ0) is 10.8. The van der Waals surface area contributed by atoms with E-state index in [1.807, 2.05) is 19.3 Å². The molecule has 0 radical (unpaired) electrons. The molecule has 0 N–H and O–H groups in total. The predicted octanol–water partition coefficient (Wildman–Crippen LogP) is 2.86. The van der Waals surface area contributed by atoms with Crippen LogP contribution in [-0.2, 0) is 6.54 Å². The Morgan fingerprint density at radius 2 is 2.00 bits per heavy atom. The maximum atomic E-state index is 4.23. The normalized spacial score (nSPS) is 10.6. The highest BCUT2D eigenvalue weighted by molar-refractivity contribution is 5.30. The van der Waals surface area contributed by atoms with Crippen LogP contribution in [0.1, 0.15) is 22.5 Å². The molecule has 0 saturated carbocycles. The van der Waals surface area contributed by atoms with Crippen LogP contribution in [0.4, 0.5) is 0 Å². The summed E-state index contributed by atoms with van der Waals surface area (Å²) in [5, 5.41) is 0. The summed E-state index contributed by atoms with van der Waals surface area (Å²) >= 11 is 0. The molecule has 0 aliphatic rings. The predicted molar refractivity (Wildman–Crippen MR) is 62.0 cm³/mol. The Hall–Kier alpha value is -1.57. The Balaban J connectivity index is 2.32. The van der Waals surface area contributed by atoms with Crippen molar-refractivity contribution in [1.29, 1.82) is 0 Å². The van der Waals surface area contributed by atoms with Gasteiger partial charge in [0, 0.05) is 18.9 Å². The van der Waals surface area contributed by atoms with E-state index in [1.165, 1.54) is 16.7 Å². The first-order valence-corrected chi connectivity index (χ1v) is 5.20. The molecule has 0 unspecified atom stereocenters. The van der Waals surface area contributed by atoms with Crippen LogP contribution in [0.2, 0.25) is 0 Å². The van der Waals surface area contributed by atoms with E-state index in [4.69, 9.17) is 0 Å². The first kappa shape index (κ1) is 9.97. The fourth-order valence-corrected chi connectivity index (χ4v) is 1.72. The number of aromatic nitrogens is 2. The second-order valence-electron chi connectivity index (χ2n) is 4.03. The highest BCUT2D eigenvalue weighted by Gasteiger charge is 2.01. The Bertz CT molecular complexity index is 469. The molecular formula is C13H16N2. The quantitative estimate of drug-likeness (QED) is 0.729. The molecule has 2 aromatic rings. The second-order valence-corrected chi connectivity index (χ2v) is 4.03. The van der Waals surface area contributed by atoms with Crippen molar-refractivity contribution < 1.29 is 0 Å². The van der Waals surface area contributed by atoms with E-state index < -0.39 is 0 Å². The number of nitrogens with zero attached hydrogens (tertiary/aromatic N) is 2. The van der Waals surface area contributed by atoms with Crippen LogP contribution in [0.15, 0.2) is 30.6 Å². The zero-order valence-electron chi connectivity index (χ0n) is 9.49. The number of hydrogen-bond donors (Lipinski definition) is 0. The minimum atomic E-state index is 0.916. The summed E-state index contributed by atoms with van der Waals surface area (Å²) in [6, 6.07) is 6.57. The maximum Gasteiger partial charge on any atom is 0.105 e. The van der Waals surface area contributed by atoms with Gasteiger partial charge in [0.05, 0.1) is 0 Å². The van der Waals surface area contributed by atoms with Gasteiger partial charge in [-0.2, -0.15) is 0 Å². The van der Waals surface area contributed by atoms with Crippen molar-refractivity contribution in [3.63, 3.8) is 0 Å². The Kier molecular flexibility index (Phi) is 2.58. The molecule has 0 saturated heterocycles. The van der Waals surface area contributed by atoms with Crippen molar-refractivity contribution in [2.24, 2.45) is 0 Å².